The second-order valence-electron chi connectivity index (χ2n) is 14.7. The van der Waals surface area contributed by atoms with Gasteiger partial charge < -0.3 is 29.7 Å². The van der Waals surface area contributed by atoms with Crippen LogP contribution in [0.2, 0.25) is 5.02 Å². The number of nitrogens with one attached hydrogen (secondary N) is 1. The van der Waals surface area contributed by atoms with Gasteiger partial charge in [-0.3, -0.25) is 19.2 Å². The minimum atomic E-state index is -4.65. The van der Waals surface area contributed by atoms with Crippen molar-refractivity contribution in [3.8, 4) is 5.75 Å². The van der Waals surface area contributed by atoms with Crippen LogP contribution in [-0.4, -0.2) is 107 Å². The van der Waals surface area contributed by atoms with Gasteiger partial charge in [0, 0.05) is 58.0 Å². The molecule has 0 bridgehead atoms. The van der Waals surface area contributed by atoms with Crippen LogP contribution < -0.4 is 15.8 Å². The number of halogens is 6. The highest BCUT2D eigenvalue weighted by Gasteiger charge is 2.38. The molecular weight excluding hydrogens is 807 g/mol. The quantitative estimate of drug-likeness (QED) is 0.231. The fraction of sp³-hybridized carbons (Fsp3) is 0.474. The van der Waals surface area contributed by atoms with Crippen molar-refractivity contribution in [1.82, 2.24) is 38.9 Å². The van der Waals surface area contributed by atoms with Gasteiger partial charge in [-0.15, -0.1) is 5.10 Å². The normalized spacial score (nSPS) is 18.5. The molecule has 2 N–H and O–H groups in total. The number of piperidine rings is 1. The first-order chi connectivity index (χ1) is 28.0. The summed E-state index contributed by atoms with van der Waals surface area (Å²) in [5.41, 5.74) is -0.284. The van der Waals surface area contributed by atoms with Crippen molar-refractivity contribution in [1.29, 1.82) is 0 Å². The summed E-state index contributed by atoms with van der Waals surface area (Å²) >= 11 is 6.14. The highest BCUT2D eigenvalue weighted by Crippen LogP contribution is 2.35. The number of allylic oxidation sites excluding steroid dienone is 2. The summed E-state index contributed by atoms with van der Waals surface area (Å²) in [5.74, 6) is -4.74. The number of aryl methyl sites for hydroxylation is 1. The number of piperazine rings is 1. The third kappa shape index (κ3) is 8.44. The first kappa shape index (κ1) is 41.5. The third-order valence-electron chi connectivity index (χ3n) is 11.0. The van der Waals surface area contributed by atoms with E-state index in [1.54, 1.807) is 24.8 Å². The number of carbonyl (C=O) groups is 3. The van der Waals surface area contributed by atoms with Crippen molar-refractivity contribution in [2.75, 3.05) is 49.5 Å². The van der Waals surface area contributed by atoms with Crippen molar-refractivity contribution in [2.24, 2.45) is 5.92 Å². The molecule has 2 saturated heterocycles. The number of aromatic nitrogens is 6. The summed E-state index contributed by atoms with van der Waals surface area (Å²) in [6.07, 6.45) is -1.17. The molecule has 0 spiro atoms. The number of rotatable bonds is 8. The molecular formula is C38H40ClF5N10O5. The Morgan fingerprint density at radius 1 is 1.03 bits per heavy atom. The van der Waals surface area contributed by atoms with Crippen LogP contribution in [0, 0.1) is 12.8 Å². The maximum atomic E-state index is 14.4. The maximum Gasteiger partial charge on any atom is 0.416 e. The molecule has 7 rings (SSSR count). The van der Waals surface area contributed by atoms with E-state index in [1.807, 2.05) is 0 Å². The molecule has 4 aromatic rings. The van der Waals surface area contributed by atoms with Gasteiger partial charge in [-0.2, -0.15) is 22.7 Å². The number of hydrogen-bond donors (Lipinski definition) is 2. The van der Waals surface area contributed by atoms with Gasteiger partial charge in [0.1, 0.15) is 18.6 Å². The Morgan fingerprint density at radius 3 is 2.37 bits per heavy atom. The van der Waals surface area contributed by atoms with Crippen LogP contribution in [0.1, 0.15) is 72.3 Å². The predicted octanol–water partition coefficient (Wildman–Crippen LogP) is 4.97. The Balaban J connectivity index is 1.19. The smallest absolute Gasteiger partial charge is 0.416 e. The molecule has 59 heavy (non-hydrogen) atoms. The molecule has 0 radical (unpaired) electrons. The molecule has 314 valence electrons. The largest absolute Gasteiger partial charge is 0.504 e. The molecule has 3 amide bonds. The van der Waals surface area contributed by atoms with Gasteiger partial charge in [-0.05, 0) is 56.4 Å². The van der Waals surface area contributed by atoms with E-state index in [-0.39, 0.29) is 110 Å². The standard InChI is InChI=1S/C38H40ClF5N10O5/c1-3-27-30(50-14-16-52(17-15-50)34(58)29-31(56)21(2)45-20-46-29)35(59)54-36(53(27)19-28(55)47-26-9-8-24(18-25(26)39)38(42,43)44)48-32(49-54)22-4-6-23(7-5-22)33(57)51-12-10-37(40,41)11-13-51/h4,8-9,18,20,23,56H,3,5-7,10-17,19H2,1-2H3,(H,47,55). The SMILES string of the molecule is CCc1c(N2CCN(C(=O)c3ncnc(C)c3O)CC2)c(=O)n2nc(C3=CCC(C(=O)N4CCC(F)(F)CC4)CC3)nc2n1CC(=O)Nc1ccc(C(F)(F)F)cc1Cl. The number of anilines is 2. The van der Waals surface area contributed by atoms with Crippen molar-refractivity contribution >= 4 is 52.0 Å². The summed E-state index contributed by atoms with van der Waals surface area (Å²) in [6, 6.07) is 2.54. The number of likely N-dealkylation sites (tertiary alicyclic amines) is 1. The van der Waals surface area contributed by atoms with Crippen molar-refractivity contribution in [3.05, 3.63) is 74.4 Å². The van der Waals surface area contributed by atoms with Gasteiger partial charge in [0.05, 0.1) is 27.7 Å². The van der Waals surface area contributed by atoms with E-state index in [0.29, 0.717) is 36.6 Å². The molecule has 1 atom stereocenters. The Bertz CT molecular complexity index is 2400. The number of hydrogen-bond acceptors (Lipinski definition) is 10. The van der Waals surface area contributed by atoms with Gasteiger partial charge in [0.15, 0.2) is 17.3 Å². The van der Waals surface area contributed by atoms with Crippen LogP contribution in [0.5, 0.6) is 5.75 Å². The minimum Gasteiger partial charge on any atom is -0.504 e. The fourth-order valence-electron chi connectivity index (χ4n) is 7.67. The van der Waals surface area contributed by atoms with Crippen molar-refractivity contribution in [2.45, 2.75) is 71.0 Å². The fourth-order valence-corrected chi connectivity index (χ4v) is 7.90. The van der Waals surface area contributed by atoms with E-state index < -0.39 is 47.5 Å². The van der Waals surface area contributed by atoms with E-state index >= 15 is 0 Å². The van der Waals surface area contributed by atoms with Crippen LogP contribution in [0.4, 0.5) is 33.3 Å². The van der Waals surface area contributed by atoms with E-state index in [0.717, 1.165) is 16.6 Å². The minimum absolute atomic E-state index is 0.0102. The van der Waals surface area contributed by atoms with Crippen LogP contribution in [0.25, 0.3) is 11.4 Å². The van der Waals surface area contributed by atoms with Gasteiger partial charge in [-0.1, -0.05) is 24.6 Å². The zero-order valence-corrected chi connectivity index (χ0v) is 32.8. The lowest BCUT2D eigenvalue weighted by Gasteiger charge is -2.36. The first-order valence-electron chi connectivity index (χ1n) is 19.1. The number of nitrogens with zero attached hydrogens (tertiary/aromatic N) is 9. The lowest BCUT2D eigenvalue weighted by molar-refractivity contribution is -0.142. The molecule has 2 aliphatic heterocycles. The number of amides is 3. The molecule has 1 unspecified atom stereocenters. The Hall–Kier alpha value is -5.66. The van der Waals surface area contributed by atoms with E-state index in [4.69, 9.17) is 16.6 Å². The Kier molecular flexibility index (Phi) is 11.4. The average molecular weight is 847 g/mol. The summed E-state index contributed by atoms with van der Waals surface area (Å²) in [5, 5.41) is 17.2. The molecule has 1 aliphatic carbocycles. The molecule has 3 aromatic heterocycles. The molecule has 0 saturated carbocycles. The predicted molar refractivity (Wildman–Crippen MR) is 204 cm³/mol. The highest BCUT2D eigenvalue weighted by molar-refractivity contribution is 6.33. The van der Waals surface area contributed by atoms with Crippen molar-refractivity contribution < 1.29 is 41.4 Å². The second kappa shape index (κ2) is 16.2. The first-order valence-corrected chi connectivity index (χ1v) is 19.4. The van der Waals surface area contributed by atoms with Crippen LogP contribution in [0.3, 0.4) is 0 Å². The Labute approximate surface area is 338 Å². The summed E-state index contributed by atoms with van der Waals surface area (Å²) < 4.78 is 69.9. The monoisotopic (exact) mass is 846 g/mol. The zero-order chi connectivity index (χ0) is 42.4. The number of alkyl halides is 5. The van der Waals surface area contributed by atoms with Crippen LogP contribution >= 0.6 is 11.6 Å². The van der Waals surface area contributed by atoms with Crippen LogP contribution in [-0.2, 0) is 28.7 Å². The molecule has 1 aromatic carbocycles. The van der Waals surface area contributed by atoms with Gasteiger partial charge in [-0.25, -0.2) is 18.7 Å². The molecule has 2 fully saturated rings. The summed E-state index contributed by atoms with van der Waals surface area (Å²) in [6.45, 7) is 3.46. The summed E-state index contributed by atoms with van der Waals surface area (Å²) in [7, 11) is 0. The van der Waals surface area contributed by atoms with Crippen LogP contribution in [0.15, 0.2) is 35.4 Å². The highest BCUT2D eigenvalue weighted by atomic mass is 35.5. The second-order valence-corrected chi connectivity index (χ2v) is 15.2. The number of carbonyl (C=O) groups excluding carboxylic acids is 3. The topological polar surface area (TPSA) is 171 Å². The molecule has 15 nitrogen and oxygen atoms in total. The number of aromatic hydroxyl groups is 1. The third-order valence-corrected chi connectivity index (χ3v) is 11.3. The molecule has 5 heterocycles. The van der Waals surface area contributed by atoms with E-state index in [2.05, 4.69) is 20.4 Å². The summed E-state index contributed by atoms with van der Waals surface area (Å²) in [4.78, 5) is 71.9. The van der Waals surface area contributed by atoms with Gasteiger partial charge in [0.2, 0.25) is 17.6 Å². The number of fused-ring (bicyclic) bond motifs is 1. The Morgan fingerprint density at radius 2 is 1.75 bits per heavy atom. The molecule has 3 aliphatic rings. The maximum absolute atomic E-state index is 14.4. The van der Waals surface area contributed by atoms with Gasteiger partial charge in [0.25, 0.3) is 17.4 Å². The average Bonchev–Trinajstić information content (AvgIpc) is 3.66. The van der Waals surface area contributed by atoms with Gasteiger partial charge >= 0.3 is 6.18 Å². The zero-order valence-electron chi connectivity index (χ0n) is 32.0. The lowest BCUT2D eigenvalue weighted by atomic mass is 9.87. The lowest BCUT2D eigenvalue weighted by Crippen LogP contribution is -2.51. The van der Waals surface area contributed by atoms with E-state index in [9.17, 15) is 46.2 Å². The number of benzene rings is 1. The van der Waals surface area contributed by atoms with Crippen molar-refractivity contribution in [3.63, 3.8) is 0 Å². The molecule has 21 heteroatoms. The van der Waals surface area contributed by atoms with E-state index in [1.165, 1.54) is 20.7 Å².